The lowest BCUT2D eigenvalue weighted by atomic mass is 10.0. The second-order valence-corrected chi connectivity index (χ2v) is 6.04. The summed E-state index contributed by atoms with van der Waals surface area (Å²) in [4.78, 5) is 0. The van der Waals surface area contributed by atoms with E-state index in [1.54, 1.807) is 6.07 Å². The van der Waals surface area contributed by atoms with Crippen LogP contribution in [-0.2, 0) is 6.42 Å². The molecule has 0 amide bonds. The zero-order chi connectivity index (χ0) is 14.5. The maximum absolute atomic E-state index is 6.16. The minimum absolute atomic E-state index is 0.356. The fourth-order valence-electron chi connectivity index (χ4n) is 2.19. The highest BCUT2D eigenvalue weighted by Gasteiger charge is 2.06. The highest BCUT2D eigenvalue weighted by molar-refractivity contribution is 6.36. The van der Waals surface area contributed by atoms with Gasteiger partial charge in [0, 0.05) is 11.1 Å². The molecule has 0 heterocycles. The van der Waals surface area contributed by atoms with Crippen LogP contribution in [0.15, 0.2) is 42.5 Å². The molecule has 0 aliphatic heterocycles. The number of hydrogen-bond acceptors (Lipinski definition) is 1. The molecule has 3 heteroatoms. The molecule has 1 atom stereocenters. The zero-order valence-electron chi connectivity index (χ0n) is 11.8. The molecular formula is C17H19Cl2N. The Hall–Kier alpha value is -1.18. The summed E-state index contributed by atoms with van der Waals surface area (Å²) < 4.78 is 0. The van der Waals surface area contributed by atoms with Gasteiger partial charge in [-0.2, -0.15) is 0 Å². The molecule has 2 aromatic carbocycles. The normalized spacial score (nSPS) is 12.2. The van der Waals surface area contributed by atoms with Crippen molar-refractivity contribution in [1.29, 1.82) is 0 Å². The molecule has 20 heavy (non-hydrogen) atoms. The van der Waals surface area contributed by atoms with E-state index in [9.17, 15) is 0 Å². The van der Waals surface area contributed by atoms with Crippen LogP contribution in [0.1, 0.15) is 24.5 Å². The molecule has 0 fully saturated rings. The van der Waals surface area contributed by atoms with Crippen LogP contribution in [0.5, 0.6) is 0 Å². The Bertz CT molecular complexity index is 581. The Kier molecular flexibility index (Phi) is 5.33. The molecule has 0 aromatic heterocycles. The minimum Gasteiger partial charge on any atom is -0.381 e. The number of hydrogen-bond donors (Lipinski definition) is 1. The van der Waals surface area contributed by atoms with Gasteiger partial charge in [0.2, 0.25) is 0 Å². The summed E-state index contributed by atoms with van der Waals surface area (Å²) in [5, 5.41) is 4.76. The highest BCUT2D eigenvalue weighted by Crippen LogP contribution is 2.26. The molecule has 0 saturated carbocycles. The molecule has 2 rings (SSSR count). The standard InChI is InChI=1S/C17H19Cl2N/c1-12-4-3-5-14(10-12)7-6-13(2)20-17-9-8-15(18)11-16(17)19/h3-5,8-11,13,20H,6-7H2,1-2H3. The van der Waals surface area contributed by atoms with E-state index in [-0.39, 0.29) is 0 Å². The Balaban J connectivity index is 1.90. The van der Waals surface area contributed by atoms with Gasteiger partial charge in [0.25, 0.3) is 0 Å². The number of aryl methyl sites for hydroxylation is 2. The minimum atomic E-state index is 0.356. The van der Waals surface area contributed by atoms with Gasteiger partial charge in [-0.25, -0.2) is 0 Å². The van der Waals surface area contributed by atoms with E-state index in [0.29, 0.717) is 16.1 Å². The first-order valence-electron chi connectivity index (χ1n) is 6.82. The Morgan fingerprint density at radius 3 is 2.60 bits per heavy atom. The Morgan fingerprint density at radius 1 is 1.10 bits per heavy atom. The molecular weight excluding hydrogens is 289 g/mol. The first kappa shape index (κ1) is 15.2. The zero-order valence-corrected chi connectivity index (χ0v) is 13.3. The van der Waals surface area contributed by atoms with Crippen LogP contribution < -0.4 is 5.32 Å². The number of halogens is 2. The van der Waals surface area contributed by atoms with Gasteiger partial charge in [-0.05, 0) is 50.5 Å². The van der Waals surface area contributed by atoms with Crippen molar-refractivity contribution in [1.82, 2.24) is 0 Å². The van der Waals surface area contributed by atoms with Crippen LogP contribution in [0.4, 0.5) is 5.69 Å². The largest absolute Gasteiger partial charge is 0.381 e. The predicted octanol–water partition coefficient (Wildman–Crippen LogP) is 5.74. The van der Waals surface area contributed by atoms with Gasteiger partial charge in [-0.15, -0.1) is 0 Å². The van der Waals surface area contributed by atoms with Gasteiger partial charge in [0.15, 0.2) is 0 Å². The lowest BCUT2D eigenvalue weighted by Crippen LogP contribution is -2.16. The molecule has 0 spiro atoms. The van der Waals surface area contributed by atoms with Crippen molar-refractivity contribution >= 4 is 28.9 Å². The highest BCUT2D eigenvalue weighted by atomic mass is 35.5. The monoisotopic (exact) mass is 307 g/mol. The number of anilines is 1. The van der Waals surface area contributed by atoms with E-state index in [2.05, 4.69) is 43.4 Å². The number of rotatable bonds is 5. The van der Waals surface area contributed by atoms with Crippen molar-refractivity contribution < 1.29 is 0 Å². The summed E-state index contributed by atoms with van der Waals surface area (Å²) in [6.07, 6.45) is 2.11. The van der Waals surface area contributed by atoms with Crippen molar-refractivity contribution in [3.63, 3.8) is 0 Å². The van der Waals surface area contributed by atoms with Gasteiger partial charge in [0.05, 0.1) is 10.7 Å². The Morgan fingerprint density at radius 2 is 1.90 bits per heavy atom. The quantitative estimate of drug-likeness (QED) is 0.743. The summed E-state index contributed by atoms with van der Waals surface area (Å²) in [6, 6.07) is 14.5. The Labute approximate surface area is 130 Å². The fraction of sp³-hybridized carbons (Fsp3) is 0.294. The van der Waals surface area contributed by atoms with Gasteiger partial charge in [-0.3, -0.25) is 0 Å². The molecule has 0 saturated heterocycles. The van der Waals surface area contributed by atoms with Crippen LogP contribution >= 0.6 is 23.2 Å². The van der Waals surface area contributed by atoms with Gasteiger partial charge in [-0.1, -0.05) is 53.0 Å². The molecule has 1 unspecified atom stereocenters. The van der Waals surface area contributed by atoms with Crippen LogP contribution in [0.25, 0.3) is 0 Å². The van der Waals surface area contributed by atoms with E-state index in [1.165, 1.54) is 11.1 Å². The van der Waals surface area contributed by atoms with E-state index in [0.717, 1.165) is 18.5 Å². The average molecular weight is 308 g/mol. The first-order chi connectivity index (χ1) is 9.54. The molecule has 0 radical (unpaired) electrons. The predicted molar refractivity (Wildman–Crippen MR) is 89.0 cm³/mol. The van der Waals surface area contributed by atoms with E-state index in [4.69, 9.17) is 23.2 Å². The molecule has 0 bridgehead atoms. The van der Waals surface area contributed by atoms with E-state index < -0.39 is 0 Å². The third kappa shape index (κ3) is 4.43. The fourth-order valence-corrected chi connectivity index (χ4v) is 2.66. The summed E-state index contributed by atoms with van der Waals surface area (Å²) >= 11 is 12.1. The van der Waals surface area contributed by atoms with E-state index in [1.807, 2.05) is 12.1 Å². The third-order valence-electron chi connectivity index (χ3n) is 3.28. The van der Waals surface area contributed by atoms with Crippen molar-refractivity contribution in [3.8, 4) is 0 Å². The summed E-state index contributed by atoms with van der Waals surface area (Å²) in [7, 11) is 0. The lowest BCUT2D eigenvalue weighted by Gasteiger charge is -2.16. The first-order valence-corrected chi connectivity index (χ1v) is 7.57. The van der Waals surface area contributed by atoms with Crippen LogP contribution in [0, 0.1) is 6.92 Å². The average Bonchev–Trinajstić information content (AvgIpc) is 2.40. The lowest BCUT2D eigenvalue weighted by molar-refractivity contribution is 0.706. The smallest absolute Gasteiger partial charge is 0.0652 e. The van der Waals surface area contributed by atoms with E-state index >= 15 is 0 Å². The van der Waals surface area contributed by atoms with Gasteiger partial charge in [0.1, 0.15) is 0 Å². The molecule has 106 valence electrons. The summed E-state index contributed by atoms with van der Waals surface area (Å²) in [5.41, 5.74) is 3.62. The second-order valence-electron chi connectivity index (χ2n) is 5.20. The van der Waals surface area contributed by atoms with Gasteiger partial charge < -0.3 is 5.32 Å². The second kappa shape index (κ2) is 7.01. The van der Waals surface area contributed by atoms with Crippen LogP contribution in [0.2, 0.25) is 10.0 Å². The van der Waals surface area contributed by atoms with Crippen LogP contribution in [0.3, 0.4) is 0 Å². The SMILES string of the molecule is Cc1cccc(CCC(C)Nc2ccc(Cl)cc2Cl)c1. The molecule has 0 aliphatic carbocycles. The topological polar surface area (TPSA) is 12.0 Å². The van der Waals surface area contributed by atoms with Crippen LogP contribution in [-0.4, -0.2) is 6.04 Å². The molecule has 1 N–H and O–H groups in total. The number of nitrogens with one attached hydrogen (secondary N) is 1. The van der Waals surface area contributed by atoms with Crippen molar-refractivity contribution in [3.05, 3.63) is 63.6 Å². The molecule has 1 nitrogen and oxygen atoms in total. The molecule has 2 aromatic rings. The van der Waals surface area contributed by atoms with Gasteiger partial charge >= 0.3 is 0 Å². The summed E-state index contributed by atoms with van der Waals surface area (Å²) in [6.45, 7) is 4.29. The van der Waals surface area contributed by atoms with Crippen molar-refractivity contribution in [2.75, 3.05) is 5.32 Å². The number of benzene rings is 2. The third-order valence-corrected chi connectivity index (χ3v) is 3.83. The maximum Gasteiger partial charge on any atom is 0.0652 e. The summed E-state index contributed by atoms with van der Waals surface area (Å²) in [5.74, 6) is 0. The maximum atomic E-state index is 6.16. The van der Waals surface area contributed by atoms with Crippen molar-refractivity contribution in [2.45, 2.75) is 32.7 Å². The van der Waals surface area contributed by atoms with Crippen molar-refractivity contribution in [2.24, 2.45) is 0 Å². The molecule has 0 aliphatic rings.